The van der Waals surface area contributed by atoms with Crippen LogP contribution in [0.3, 0.4) is 0 Å². The molecule has 0 saturated heterocycles. The number of hydrogen-bond donors (Lipinski definition) is 0. The molecule has 1 nitrogen and oxygen atoms in total. The van der Waals surface area contributed by atoms with Crippen molar-refractivity contribution in [3.63, 3.8) is 0 Å². The van der Waals surface area contributed by atoms with E-state index < -0.39 is 0 Å². The van der Waals surface area contributed by atoms with Gasteiger partial charge in [0.05, 0.1) is 6.26 Å². The van der Waals surface area contributed by atoms with Crippen LogP contribution in [0.25, 0.3) is 16.3 Å². The molecule has 0 aliphatic rings. The Balaban J connectivity index is 1.91. The van der Waals surface area contributed by atoms with Crippen molar-refractivity contribution in [3.8, 4) is 0 Å². The Morgan fingerprint density at radius 2 is 1.90 bits per heavy atom. The minimum atomic E-state index is 0.391. The van der Waals surface area contributed by atoms with Gasteiger partial charge in [-0.1, -0.05) is 49.4 Å². The molecule has 3 rings (SSSR count). The Kier molecular flexibility index (Phi) is 3.66. The predicted molar refractivity (Wildman–Crippen MR) is 89.5 cm³/mol. The number of fused-ring (bicyclic) bond motifs is 1. The molecule has 0 aliphatic heterocycles. The minimum Gasteiger partial charge on any atom is -0.469 e. The second kappa shape index (κ2) is 5.61. The van der Waals surface area contributed by atoms with E-state index in [9.17, 15) is 0 Å². The van der Waals surface area contributed by atoms with Crippen molar-refractivity contribution in [3.05, 3.63) is 78.3 Å². The summed E-state index contributed by atoms with van der Waals surface area (Å²) in [4.78, 5) is 0. The van der Waals surface area contributed by atoms with E-state index in [4.69, 9.17) is 4.42 Å². The van der Waals surface area contributed by atoms with Crippen molar-refractivity contribution in [2.75, 3.05) is 0 Å². The van der Waals surface area contributed by atoms with Crippen LogP contribution in [-0.4, -0.2) is 0 Å². The summed E-state index contributed by atoms with van der Waals surface area (Å²) in [6.07, 6.45) is 2.73. The highest BCUT2D eigenvalue weighted by molar-refractivity contribution is 5.86. The number of rotatable bonds is 4. The molecule has 21 heavy (non-hydrogen) atoms. The fourth-order valence-electron chi connectivity index (χ4n) is 2.71. The Bertz CT molecular complexity index is 766. The third-order valence-corrected chi connectivity index (χ3v) is 3.97. The van der Waals surface area contributed by atoms with E-state index in [2.05, 4.69) is 49.9 Å². The van der Waals surface area contributed by atoms with Crippen LogP contribution in [-0.2, 0) is 6.42 Å². The second-order valence-corrected chi connectivity index (χ2v) is 5.80. The first-order valence-corrected chi connectivity index (χ1v) is 7.35. The zero-order valence-electron chi connectivity index (χ0n) is 12.6. The summed E-state index contributed by atoms with van der Waals surface area (Å²) in [5, 5.41) is 2.55. The average molecular weight is 276 g/mol. The van der Waals surface area contributed by atoms with Gasteiger partial charge in [-0.25, -0.2) is 0 Å². The van der Waals surface area contributed by atoms with Gasteiger partial charge in [-0.15, -0.1) is 0 Å². The average Bonchev–Trinajstić information content (AvgIpc) is 3.00. The van der Waals surface area contributed by atoms with Gasteiger partial charge in [-0.2, -0.15) is 0 Å². The van der Waals surface area contributed by atoms with Gasteiger partial charge in [0.25, 0.3) is 0 Å². The first kappa shape index (κ1) is 13.7. The quantitative estimate of drug-likeness (QED) is 0.586. The van der Waals surface area contributed by atoms with Crippen molar-refractivity contribution in [2.24, 2.45) is 0 Å². The molecule has 0 fully saturated rings. The highest BCUT2D eigenvalue weighted by atomic mass is 16.3. The largest absolute Gasteiger partial charge is 0.469 e. The van der Waals surface area contributed by atoms with E-state index in [1.165, 1.54) is 21.9 Å². The normalized spacial score (nSPS) is 12.5. The molecule has 3 aromatic rings. The van der Waals surface area contributed by atoms with E-state index in [1.54, 1.807) is 6.26 Å². The molecule has 0 radical (unpaired) electrons. The molecule has 1 heterocycles. The number of furan rings is 1. The molecule has 106 valence electrons. The summed E-state index contributed by atoms with van der Waals surface area (Å²) in [5.74, 6) is 1.44. The van der Waals surface area contributed by atoms with Crippen molar-refractivity contribution in [2.45, 2.75) is 26.2 Å². The highest BCUT2D eigenvalue weighted by Crippen LogP contribution is 2.25. The van der Waals surface area contributed by atoms with Gasteiger partial charge in [-0.3, -0.25) is 0 Å². The zero-order chi connectivity index (χ0) is 14.8. The van der Waals surface area contributed by atoms with Crippen LogP contribution < -0.4 is 0 Å². The molecular weight excluding hydrogens is 256 g/mol. The zero-order valence-corrected chi connectivity index (χ0v) is 12.6. The second-order valence-electron chi connectivity index (χ2n) is 5.80. The summed E-state index contributed by atoms with van der Waals surface area (Å²) >= 11 is 0. The Morgan fingerprint density at radius 1 is 1.10 bits per heavy atom. The summed E-state index contributed by atoms with van der Waals surface area (Å²) in [6, 6.07) is 17.2. The van der Waals surface area contributed by atoms with Gasteiger partial charge in [0.1, 0.15) is 5.76 Å². The van der Waals surface area contributed by atoms with Crippen LogP contribution in [0.4, 0.5) is 0 Å². The smallest absolute Gasteiger partial charge is 0.106 e. The van der Waals surface area contributed by atoms with Gasteiger partial charge < -0.3 is 4.42 Å². The molecule has 1 atom stereocenters. The topological polar surface area (TPSA) is 13.1 Å². The van der Waals surface area contributed by atoms with E-state index in [0.29, 0.717) is 5.92 Å². The SMILES string of the molecule is C=C(C)c1ccc2ccc(CC(C)c3ccco3)cc2c1. The third kappa shape index (κ3) is 2.92. The van der Waals surface area contributed by atoms with Crippen LogP contribution in [0, 0.1) is 0 Å². The first-order chi connectivity index (χ1) is 10.1. The van der Waals surface area contributed by atoms with Crippen LogP contribution >= 0.6 is 0 Å². The third-order valence-electron chi connectivity index (χ3n) is 3.97. The molecule has 0 amide bonds. The molecule has 0 N–H and O–H groups in total. The Labute approximate surface area is 125 Å². The van der Waals surface area contributed by atoms with Crippen molar-refractivity contribution in [1.29, 1.82) is 0 Å². The Morgan fingerprint density at radius 3 is 2.62 bits per heavy atom. The maximum atomic E-state index is 5.49. The summed E-state index contributed by atoms with van der Waals surface area (Å²) in [5.41, 5.74) is 3.65. The van der Waals surface area contributed by atoms with E-state index in [0.717, 1.165) is 17.8 Å². The molecule has 1 heteroatoms. The number of benzene rings is 2. The van der Waals surface area contributed by atoms with E-state index >= 15 is 0 Å². The van der Waals surface area contributed by atoms with Gasteiger partial charge >= 0.3 is 0 Å². The van der Waals surface area contributed by atoms with Crippen LogP contribution in [0.5, 0.6) is 0 Å². The lowest BCUT2D eigenvalue weighted by molar-refractivity contribution is 0.473. The summed E-state index contributed by atoms with van der Waals surface area (Å²) in [6.45, 7) is 8.27. The standard InChI is InChI=1S/C20H20O/c1-14(2)18-9-8-17-7-6-16(12-19(17)13-18)11-15(3)20-5-4-10-21-20/h4-10,12-13,15H,1,11H2,2-3H3. The van der Waals surface area contributed by atoms with E-state index in [1.807, 2.05) is 19.1 Å². The molecule has 2 aromatic carbocycles. The lowest BCUT2D eigenvalue weighted by Crippen LogP contribution is -1.97. The van der Waals surface area contributed by atoms with Crippen LogP contribution in [0.2, 0.25) is 0 Å². The highest BCUT2D eigenvalue weighted by Gasteiger charge is 2.09. The predicted octanol–water partition coefficient (Wildman–Crippen LogP) is 5.81. The fourth-order valence-corrected chi connectivity index (χ4v) is 2.71. The molecule has 0 saturated carbocycles. The first-order valence-electron chi connectivity index (χ1n) is 7.35. The van der Waals surface area contributed by atoms with Gasteiger partial charge in [-0.05, 0) is 53.4 Å². The lowest BCUT2D eigenvalue weighted by Gasteiger charge is -2.10. The van der Waals surface area contributed by atoms with Crippen molar-refractivity contribution < 1.29 is 4.42 Å². The lowest BCUT2D eigenvalue weighted by atomic mass is 9.95. The molecule has 0 aliphatic carbocycles. The molecule has 0 bridgehead atoms. The van der Waals surface area contributed by atoms with Crippen molar-refractivity contribution in [1.82, 2.24) is 0 Å². The van der Waals surface area contributed by atoms with Crippen molar-refractivity contribution >= 4 is 16.3 Å². The molecular formula is C20H20O. The molecule has 1 aromatic heterocycles. The van der Waals surface area contributed by atoms with Crippen LogP contribution in [0.1, 0.15) is 36.7 Å². The maximum absolute atomic E-state index is 5.49. The van der Waals surface area contributed by atoms with E-state index in [-0.39, 0.29) is 0 Å². The molecule has 0 spiro atoms. The summed E-state index contributed by atoms with van der Waals surface area (Å²) in [7, 11) is 0. The number of allylic oxidation sites excluding steroid dienone is 1. The fraction of sp³-hybridized carbons (Fsp3) is 0.200. The number of hydrogen-bond acceptors (Lipinski definition) is 1. The minimum absolute atomic E-state index is 0.391. The summed E-state index contributed by atoms with van der Waals surface area (Å²) < 4.78 is 5.49. The Hall–Kier alpha value is -2.28. The van der Waals surface area contributed by atoms with Gasteiger partial charge in [0, 0.05) is 5.92 Å². The monoisotopic (exact) mass is 276 g/mol. The van der Waals surface area contributed by atoms with Gasteiger partial charge in [0.2, 0.25) is 0 Å². The van der Waals surface area contributed by atoms with Gasteiger partial charge in [0.15, 0.2) is 0 Å². The maximum Gasteiger partial charge on any atom is 0.106 e. The molecule has 1 unspecified atom stereocenters. The van der Waals surface area contributed by atoms with Crippen LogP contribution in [0.15, 0.2) is 65.8 Å².